The summed E-state index contributed by atoms with van der Waals surface area (Å²) >= 11 is 1.44. The van der Waals surface area contributed by atoms with Gasteiger partial charge in [0.15, 0.2) is 5.16 Å². The van der Waals surface area contributed by atoms with E-state index in [0.29, 0.717) is 29.7 Å². The summed E-state index contributed by atoms with van der Waals surface area (Å²) in [4.78, 5) is 12.7. The van der Waals surface area contributed by atoms with Crippen LogP contribution >= 0.6 is 11.8 Å². The molecule has 170 valence electrons. The van der Waals surface area contributed by atoms with Gasteiger partial charge >= 0.3 is 0 Å². The summed E-state index contributed by atoms with van der Waals surface area (Å²) in [5.41, 5.74) is 7.50. The fraction of sp³-hybridized carbons (Fsp3) is 0.286. The second-order valence-corrected chi connectivity index (χ2v) is 9.74. The van der Waals surface area contributed by atoms with Gasteiger partial charge in [-0.1, -0.05) is 55.9 Å². The molecule has 1 amide bonds. The molecule has 2 aromatic carbocycles. The normalized spacial score (nSPS) is 11.6. The number of nitrogens with one attached hydrogen (secondary N) is 1. The molecule has 11 heteroatoms. The molecule has 32 heavy (non-hydrogen) atoms. The molecule has 0 fully saturated rings. The van der Waals surface area contributed by atoms with Crippen LogP contribution in [0, 0.1) is 0 Å². The summed E-state index contributed by atoms with van der Waals surface area (Å²) in [6.45, 7) is 4.30. The second kappa shape index (κ2) is 10.6. The maximum Gasteiger partial charge on any atom is 0.244 e. The first kappa shape index (κ1) is 23.8. The Balaban J connectivity index is 1.64. The predicted molar refractivity (Wildman–Crippen MR) is 126 cm³/mol. The summed E-state index contributed by atoms with van der Waals surface area (Å²) in [6, 6.07) is 16.0. The van der Waals surface area contributed by atoms with Crippen molar-refractivity contribution in [2.45, 2.75) is 36.2 Å². The molecule has 0 radical (unpaired) electrons. The predicted octanol–water partition coefficient (Wildman–Crippen LogP) is 2.82. The van der Waals surface area contributed by atoms with Gasteiger partial charge in [-0.3, -0.25) is 9.36 Å². The van der Waals surface area contributed by atoms with Gasteiger partial charge in [0, 0.05) is 24.5 Å². The SMILES string of the molecule is CCN(CC)S(=O)(=O)c1ccc(NC(=O)Cn2c(N)nnc2SCc2ccccc2)cc1. The molecule has 3 rings (SSSR count). The number of nitrogens with zero attached hydrogens (tertiary/aromatic N) is 4. The monoisotopic (exact) mass is 474 g/mol. The van der Waals surface area contributed by atoms with Crippen LogP contribution in [0.2, 0.25) is 0 Å². The van der Waals surface area contributed by atoms with Crippen molar-refractivity contribution < 1.29 is 13.2 Å². The number of nitrogens with two attached hydrogens (primary N) is 1. The molecule has 0 saturated heterocycles. The average molecular weight is 475 g/mol. The van der Waals surface area contributed by atoms with E-state index >= 15 is 0 Å². The van der Waals surface area contributed by atoms with Crippen LogP contribution in [0.15, 0.2) is 64.6 Å². The van der Waals surface area contributed by atoms with E-state index < -0.39 is 10.0 Å². The number of anilines is 2. The molecular formula is C21H26N6O3S2. The van der Waals surface area contributed by atoms with Gasteiger partial charge in [-0.2, -0.15) is 4.31 Å². The number of carbonyl (C=O) groups is 1. The van der Waals surface area contributed by atoms with E-state index in [4.69, 9.17) is 5.73 Å². The third-order valence-corrected chi connectivity index (χ3v) is 7.84. The molecule has 0 atom stereocenters. The molecule has 0 aliphatic heterocycles. The highest BCUT2D eigenvalue weighted by atomic mass is 32.2. The lowest BCUT2D eigenvalue weighted by molar-refractivity contribution is -0.116. The van der Waals surface area contributed by atoms with E-state index in [9.17, 15) is 13.2 Å². The Morgan fingerprint density at radius 1 is 1.06 bits per heavy atom. The number of hydrogen-bond donors (Lipinski definition) is 2. The molecule has 0 saturated carbocycles. The molecule has 0 bridgehead atoms. The van der Waals surface area contributed by atoms with E-state index in [0.717, 1.165) is 5.56 Å². The van der Waals surface area contributed by atoms with Crippen molar-refractivity contribution in [3.05, 3.63) is 60.2 Å². The molecule has 0 unspecified atom stereocenters. The number of thioether (sulfide) groups is 1. The zero-order chi connectivity index (χ0) is 23.1. The molecule has 0 spiro atoms. The second-order valence-electron chi connectivity index (χ2n) is 6.86. The molecule has 1 aromatic heterocycles. The number of amides is 1. The van der Waals surface area contributed by atoms with Gasteiger partial charge in [-0.15, -0.1) is 10.2 Å². The Bertz CT molecular complexity index is 1140. The topological polar surface area (TPSA) is 123 Å². The number of hydrogen-bond acceptors (Lipinski definition) is 7. The highest BCUT2D eigenvalue weighted by molar-refractivity contribution is 7.98. The van der Waals surface area contributed by atoms with Crippen molar-refractivity contribution in [3.8, 4) is 0 Å². The Hall–Kier alpha value is -2.89. The van der Waals surface area contributed by atoms with E-state index in [1.54, 1.807) is 30.5 Å². The average Bonchev–Trinajstić information content (AvgIpc) is 3.13. The number of nitrogen functional groups attached to an aromatic ring is 1. The third kappa shape index (κ3) is 5.67. The van der Waals surface area contributed by atoms with Crippen molar-refractivity contribution in [2.75, 3.05) is 24.1 Å². The van der Waals surface area contributed by atoms with Crippen molar-refractivity contribution in [3.63, 3.8) is 0 Å². The summed E-state index contributed by atoms with van der Waals surface area (Å²) in [7, 11) is -3.55. The Kier molecular flexibility index (Phi) is 7.89. The Labute approximate surface area is 192 Å². The lowest BCUT2D eigenvalue weighted by atomic mass is 10.2. The van der Waals surface area contributed by atoms with Gasteiger partial charge in [-0.05, 0) is 29.8 Å². The molecule has 3 aromatic rings. The summed E-state index contributed by atoms with van der Waals surface area (Å²) in [6.07, 6.45) is 0. The number of sulfonamides is 1. The minimum absolute atomic E-state index is 0.0601. The zero-order valence-corrected chi connectivity index (χ0v) is 19.6. The first-order chi connectivity index (χ1) is 15.3. The summed E-state index contributed by atoms with van der Waals surface area (Å²) < 4.78 is 28.1. The molecular weight excluding hydrogens is 448 g/mol. The molecule has 0 aliphatic carbocycles. The number of rotatable bonds is 10. The Morgan fingerprint density at radius 3 is 2.34 bits per heavy atom. The fourth-order valence-electron chi connectivity index (χ4n) is 3.04. The smallest absolute Gasteiger partial charge is 0.244 e. The van der Waals surface area contributed by atoms with Gasteiger partial charge in [-0.25, -0.2) is 8.42 Å². The van der Waals surface area contributed by atoms with Crippen LogP contribution in [-0.4, -0.2) is 46.5 Å². The lowest BCUT2D eigenvalue weighted by Crippen LogP contribution is -2.30. The Morgan fingerprint density at radius 2 is 1.72 bits per heavy atom. The van der Waals surface area contributed by atoms with Crippen LogP contribution in [0.3, 0.4) is 0 Å². The molecule has 0 aliphatic rings. The summed E-state index contributed by atoms with van der Waals surface area (Å²) in [5.74, 6) is 0.497. The van der Waals surface area contributed by atoms with Gasteiger partial charge < -0.3 is 11.1 Å². The minimum atomic E-state index is -3.55. The van der Waals surface area contributed by atoms with Crippen LogP contribution in [0.4, 0.5) is 11.6 Å². The first-order valence-corrected chi connectivity index (χ1v) is 12.5. The maximum absolute atomic E-state index is 12.6. The highest BCUT2D eigenvalue weighted by Crippen LogP contribution is 2.23. The van der Waals surface area contributed by atoms with Gasteiger partial charge in [0.05, 0.1) is 4.90 Å². The fourth-order valence-corrected chi connectivity index (χ4v) is 5.40. The van der Waals surface area contributed by atoms with E-state index in [1.165, 1.54) is 28.2 Å². The molecule has 9 nitrogen and oxygen atoms in total. The van der Waals surface area contributed by atoms with Gasteiger partial charge in [0.25, 0.3) is 0 Å². The van der Waals surface area contributed by atoms with Gasteiger partial charge in [0.2, 0.25) is 21.9 Å². The quantitative estimate of drug-likeness (QED) is 0.433. The maximum atomic E-state index is 12.6. The third-order valence-electron chi connectivity index (χ3n) is 4.74. The van der Waals surface area contributed by atoms with E-state index in [1.807, 2.05) is 30.3 Å². The highest BCUT2D eigenvalue weighted by Gasteiger charge is 2.21. The van der Waals surface area contributed by atoms with Crippen LogP contribution in [-0.2, 0) is 27.1 Å². The van der Waals surface area contributed by atoms with Crippen molar-refractivity contribution >= 4 is 39.3 Å². The van der Waals surface area contributed by atoms with Crippen LogP contribution in [0.25, 0.3) is 0 Å². The number of carbonyl (C=O) groups excluding carboxylic acids is 1. The number of benzene rings is 2. The standard InChI is InChI=1S/C21H26N6O3S2/c1-3-26(4-2)32(29,30)18-12-10-17(11-13-18)23-19(28)14-27-20(22)24-25-21(27)31-15-16-8-6-5-7-9-16/h5-13H,3-4,14-15H2,1-2H3,(H2,22,24)(H,23,28). The lowest BCUT2D eigenvalue weighted by Gasteiger charge is -2.18. The van der Waals surface area contributed by atoms with Gasteiger partial charge in [0.1, 0.15) is 6.54 Å². The largest absolute Gasteiger partial charge is 0.368 e. The van der Waals surface area contributed by atoms with Crippen LogP contribution in [0.5, 0.6) is 0 Å². The van der Waals surface area contributed by atoms with Crippen molar-refractivity contribution in [1.29, 1.82) is 0 Å². The van der Waals surface area contributed by atoms with Crippen molar-refractivity contribution in [1.82, 2.24) is 19.1 Å². The van der Waals surface area contributed by atoms with E-state index in [-0.39, 0.29) is 23.3 Å². The van der Waals surface area contributed by atoms with Crippen molar-refractivity contribution in [2.24, 2.45) is 0 Å². The zero-order valence-electron chi connectivity index (χ0n) is 17.9. The summed E-state index contributed by atoms with van der Waals surface area (Å²) in [5, 5.41) is 11.2. The molecule has 3 N–H and O–H groups in total. The van der Waals surface area contributed by atoms with Crippen LogP contribution < -0.4 is 11.1 Å². The number of aromatic nitrogens is 3. The first-order valence-electron chi connectivity index (χ1n) is 10.1. The minimum Gasteiger partial charge on any atom is -0.368 e. The van der Waals surface area contributed by atoms with Crippen LogP contribution in [0.1, 0.15) is 19.4 Å². The van der Waals surface area contributed by atoms with E-state index in [2.05, 4.69) is 15.5 Å². The molecule has 1 heterocycles.